The smallest absolute Gasteiger partial charge is 0.122 e. The predicted octanol–water partition coefficient (Wildman–Crippen LogP) is 1.68. The summed E-state index contributed by atoms with van der Waals surface area (Å²) in [6.45, 7) is 1.68. The zero-order valence-electron chi connectivity index (χ0n) is 8.20. The standard InChI is InChI=1S/C12H15NO/c13-7-8-6-11(8)9-2-1-3-12-10(9)4-5-14-12/h1-3,8,11H,4-7,13H2/t8-,11+/m1/s1. The molecule has 3 rings (SSSR count). The first-order valence-electron chi connectivity index (χ1n) is 5.35. The Morgan fingerprint density at radius 1 is 1.43 bits per heavy atom. The van der Waals surface area contributed by atoms with Gasteiger partial charge in [0.15, 0.2) is 0 Å². The Labute approximate surface area is 84.1 Å². The summed E-state index contributed by atoms with van der Waals surface area (Å²) in [5, 5.41) is 0. The van der Waals surface area contributed by atoms with Crippen LogP contribution in [-0.4, -0.2) is 13.2 Å². The topological polar surface area (TPSA) is 35.2 Å². The second-order valence-electron chi connectivity index (χ2n) is 4.26. The van der Waals surface area contributed by atoms with Crippen molar-refractivity contribution in [3.05, 3.63) is 29.3 Å². The molecule has 2 atom stereocenters. The van der Waals surface area contributed by atoms with E-state index >= 15 is 0 Å². The maximum Gasteiger partial charge on any atom is 0.122 e. The second-order valence-corrected chi connectivity index (χ2v) is 4.26. The van der Waals surface area contributed by atoms with Crippen molar-refractivity contribution in [2.45, 2.75) is 18.8 Å². The first kappa shape index (κ1) is 8.30. The molecular formula is C12H15NO. The first-order valence-corrected chi connectivity index (χ1v) is 5.35. The van der Waals surface area contributed by atoms with E-state index in [-0.39, 0.29) is 0 Å². The van der Waals surface area contributed by atoms with Crippen molar-refractivity contribution in [1.29, 1.82) is 0 Å². The minimum Gasteiger partial charge on any atom is -0.493 e. The van der Waals surface area contributed by atoms with Crippen molar-refractivity contribution in [3.8, 4) is 5.75 Å². The molecule has 0 saturated heterocycles. The fraction of sp³-hybridized carbons (Fsp3) is 0.500. The lowest BCUT2D eigenvalue weighted by atomic mass is 10.00. The summed E-state index contributed by atoms with van der Waals surface area (Å²) < 4.78 is 5.55. The molecule has 0 spiro atoms. The van der Waals surface area contributed by atoms with Gasteiger partial charge in [-0.1, -0.05) is 12.1 Å². The zero-order valence-corrected chi connectivity index (χ0v) is 8.20. The van der Waals surface area contributed by atoms with Crippen LogP contribution in [0.4, 0.5) is 0 Å². The molecule has 2 heteroatoms. The minimum atomic E-state index is 0.719. The van der Waals surface area contributed by atoms with Gasteiger partial charge >= 0.3 is 0 Å². The highest BCUT2D eigenvalue weighted by Gasteiger charge is 2.39. The van der Waals surface area contributed by atoms with E-state index in [4.69, 9.17) is 10.5 Å². The van der Waals surface area contributed by atoms with Crippen LogP contribution in [0.1, 0.15) is 23.5 Å². The third kappa shape index (κ3) is 1.14. The summed E-state index contributed by atoms with van der Waals surface area (Å²) in [6.07, 6.45) is 2.35. The summed E-state index contributed by atoms with van der Waals surface area (Å²) in [5.74, 6) is 2.55. The number of rotatable bonds is 2. The molecular weight excluding hydrogens is 174 g/mol. The summed E-state index contributed by atoms with van der Waals surface area (Å²) in [5.41, 5.74) is 8.61. The average Bonchev–Trinajstić information content (AvgIpc) is 2.85. The number of ether oxygens (including phenoxy) is 1. The largest absolute Gasteiger partial charge is 0.493 e. The van der Waals surface area contributed by atoms with E-state index in [2.05, 4.69) is 18.2 Å². The Morgan fingerprint density at radius 2 is 2.36 bits per heavy atom. The van der Waals surface area contributed by atoms with Crippen molar-refractivity contribution in [1.82, 2.24) is 0 Å². The average molecular weight is 189 g/mol. The lowest BCUT2D eigenvalue weighted by molar-refractivity contribution is 0.357. The van der Waals surface area contributed by atoms with Gasteiger partial charge in [0.25, 0.3) is 0 Å². The van der Waals surface area contributed by atoms with E-state index in [0.717, 1.165) is 37.2 Å². The van der Waals surface area contributed by atoms with Crippen LogP contribution in [0.25, 0.3) is 0 Å². The molecule has 1 saturated carbocycles. The van der Waals surface area contributed by atoms with Gasteiger partial charge in [0, 0.05) is 12.0 Å². The van der Waals surface area contributed by atoms with E-state index in [1.54, 1.807) is 0 Å². The summed E-state index contributed by atoms with van der Waals surface area (Å²) in [6, 6.07) is 6.42. The van der Waals surface area contributed by atoms with E-state index in [1.165, 1.54) is 17.5 Å². The molecule has 0 bridgehead atoms. The van der Waals surface area contributed by atoms with E-state index in [0.29, 0.717) is 0 Å². The summed E-state index contributed by atoms with van der Waals surface area (Å²) >= 11 is 0. The Bertz CT molecular complexity index is 361. The molecule has 2 aliphatic rings. The molecule has 1 aromatic carbocycles. The molecule has 0 aromatic heterocycles. The number of hydrogen-bond acceptors (Lipinski definition) is 2. The third-order valence-electron chi connectivity index (χ3n) is 3.40. The highest BCUT2D eigenvalue weighted by Crippen LogP contribution is 2.49. The monoisotopic (exact) mass is 189 g/mol. The van der Waals surface area contributed by atoms with Gasteiger partial charge < -0.3 is 10.5 Å². The van der Waals surface area contributed by atoms with Gasteiger partial charge in [-0.15, -0.1) is 0 Å². The molecule has 2 nitrogen and oxygen atoms in total. The highest BCUT2D eigenvalue weighted by molar-refractivity contribution is 5.46. The number of benzene rings is 1. The van der Waals surface area contributed by atoms with Crippen molar-refractivity contribution in [2.24, 2.45) is 11.7 Å². The van der Waals surface area contributed by atoms with Crippen LogP contribution in [0.2, 0.25) is 0 Å². The summed E-state index contributed by atoms with van der Waals surface area (Å²) in [4.78, 5) is 0. The van der Waals surface area contributed by atoms with Gasteiger partial charge in [0.05, 0.1) is 6.61 Å². The van der Waals surface area contributed by atoms with Gasteiger partial charge in [-0.2, -0.15) is 0 Å². The molecule has 1 heterocycles. The molecule has 0 radical (unpaired) electrons. The van der Waals surface area contributed by atoms with Crippen LogP contribution in [-0.2, 0) is 6.42 Å². The number of nitrogens with two attached hydrogens (primary N) is 1. The van der Waals surface area contributed by atoms with Crippen LogP contribution >= 0.6 is 0 Å². The van der Waals surface area contributed by atoms with Gasteiger partial charge in [0.2, 0.25) is 0 Å². The van der Waals surface area contributed by atoms with Crippen LogP contribution in [0.3, 0.4) is 0 Å². The Morgan fingerprint density at radius 3 is 3.14 bits per heavy atom. The van der Waals surface area contributed by atoms with E-state index < -0.39 is 0 Å². The predicted molar refractivity (Wildman–Crippen MR) is 55.5 cm³/mol. The van der Waals surface area contributed by atoms with Crippen molar-refractivity contribution in [3.63, 3.8) is 0 Å². The van der Waals surface area contributed by atoms with Gasteiger partial charge in [-0.25, -0.2) is 0 Å². The zero-order chi connectivity index (χ0) is 9.54. The molecule has 14 heavy (non-hydrogen) atoms. The van der Waals surface area contributed by atoms with Crippen LogP contribution in [0.15, 0.2) is 18.2 Å². The van der Waals surface area contributed by atoms with Crippen LogP contribution in [0.5, 0.6) is 5.75 Å². The molecule has 74 valence electrons. The maximum atomic E-state index is 5.68. The highest BCUT2D eigenvalue weighted by atomic mass is 16.5. The van der Waals surface area contributed by atoms with Gasteiger partial charge in [0.1, 0.15) is 5.75 Å². The Kier molecular flexibility index (Phi) is 1.77. The lowest BCUT2D eigenvalue weighted by Gasteiger charge is -2.05. The summed E-state index contributed by atoms with van der Waals surface area (Å²) in [7, 11) is 0. The SMILES string of the molecule is NC[C@H]1C[C@@H]1c1cccc2c1CCO2. The second kappa shape index (κ2) is 2.99. The molecule has 0 amide bonds. The minimum absolute atomic E-state index is 0.719. The molecule has 2 N–H and O–H groups in total. The fourth-order valence-corrected chi connectivity index (χ4v) is 2.48. The molecule has 1 fully saturated rings. The van der Waals surface area contributed by atoms with E-state index in [9.17, 15) is 0 Å². The number of fused-ring (bicyclic) bond motifs is 1. The fourth-order valence-electron chi connectivity index (χ4n) is 2.48. The van der Waals surface area contributed by atoms with Gasteiger partial charge in [-0.05, 0) is 36.4 Å². The third-order valence-corrected chi connectivity index (χ3v) is 3.40. The molecule has 1 aliphatic carbocycles. The first-order chi connectivity index (χ1) is 6.90. The number of hydrogen-bond donors (Lipinski definition) is 1. The Hall–Kier alpha value is -1.02. The van der Waals surface area contributed by atoms with Crippen molar-refractivity contribution >= 4 is 0 Å². The molecule has 0 unspecified atom stereocenters. The van der Waals surface area contributed by atoms with Crippen LogP contribution in [0, 0.1) is 5.92 Å². The van der Waals surface area contributed by atoms with E-state index in [1.807, 2.05) is 0 Å². The van der Waals surface area contributed by atoms with Crippen LogP contribution < -0.4 is 10.5 Å². The Balaban J connectivity index is 1.95. The normalized spacial score (nSPS) is 28.4. The van der Waals surface area contributed by atoms with Gasteiger partial charge in [-0.3, -0.25) is 0 Å². The lowest BCUT2D eigenvalue weighted by Crippen LogP contribution is -2.02. The molecule has 1 aliphatic heterocycles. The molecule has 1 aromatic rings. The quantitative estimate of drug-likeness (QED) is 0.768. The van der Waals surface area contributed by atoms with Crippen molar-refractivity contribution < 1.29 is 4.74 Å². The van der Waals surface area contributed by atoms with Crippen molar-refractivity contribution in [2.75, 3.05) is 13.2 Å². The maximum absolute atomic E-state index is 5.68.